The number of nitrogens with zero attached hydrogens (tertiary/aromatic N) is 2. The molecule has 2 heterocycles. The van der Waals surface area contributed by atoms with E-state index >= 15 is 0 Å². The molecule has 1 fully saturated rings. The Kier molecular flexibility index (Phi) is 7.24. The van der Waals surface area contributed by atoms with Crippen molar-refractivity contribution in [3.8, 4) is 17.2 Å². The van der Waals surface area contributed by atoms with Crippen LogP contribution >= 0.6 is 0 Å². The second kappa shape index (κ2) is 10.9. The van der Waals surface area contributed by atoms with Crippen LogP contribution < -0.4 is 14.8 Å². The van der Waals surface area contributed by atoms with Gasteiger partial charge in [-0.05, 0) is 74.4 Å². The summed E-state index contributed by atoms with van der Waals surface area (Å²) in [4.78, 5) is 49.5. The first kappa shape index (κ1) is 25.9. The lowest BCUT2D eigenvalue weighted by Gasteiger charge is -2.17. The molecule has 0 aromatic heterocycles. The van der Waals surface area contributed by atoms with Crippen LogP contribution in [0.2, 0.25) is 0 Å². The molecular weight excluding hydrogens is 506 g/mol. The molecule has 0 bridgehead atoms. The number of aryl methyl sites for hydroxylation is 1. The number of nitro benzene ring substituents is 1. The van der Waals surface area contributed by atoms with Gasteiger partial charge in [-0.25, -0.2) is 0 Å². The average molecular weight is 532 g/mol. The van der Waals surface area contributed by atoms with Gasteiger partial charge in [-0.15, -0.1) is 0 Å². The van der Waals surface area contributed by atoms with Gasteiger partial charge in [0.15, 0.2) is 6.61 Å². The van der Waals surface area contributed by atoms with Crippen LogP contribution in [0, 0.1) is 17.0 Å². The Labute approximate surface area is 223 Å². The van der Waals surface area contributed by atoms with E-state index in [2.05, 4.69) is 5.32 Å². The SMILES string of the molecule is Cc1cc(OCC(=O)Nc2ccc(Oc3ccc4c(c3)C(=O)N(CC3CCCO3)C4=O)cc2)ccc1[N+](=O)[O-]. The number of hydrogen-bond acceptors (Lipinski definition) is 8. The highest BCUT2D eigenvalue weighted by molar-refractivity contribution is 6.21. The number of fused-ring (bicyclic) bond motifs is 1. The second-order valence-electron chi connectivity index (χ2n) is 9.23. The number of rotatable bonds is 9. The molecule has 0 saturated carbocycles. The van der Waals surface area contributed by atoms with Gasteiger partial charge in [-0.2, -0.15) is 0 Å². The molecule has 11 nitrogen and oxygen atoms in total. The van der Waals surface area contributed by atoms with Crippen molar-refractivity contribution in [3.05, 3.63) is 87.5 Å². The highest BCUT2D eigenvalue weighted by Crippen LogP contribution is 2.31. The van der Waals surface area contributed by atoms with E-state index in [-0.39, 0.29) is 36.8 Å². The maximum atomic E-state index is 12.9. The first-order valence-corrected chi connectivity index (χ1v) is 12.4. The monoisotopic (exact) mass is 531 g/mol. The summed E-state index contributed by atoms with van der Waals surface area (Å²) in [6.45, 7) is 2.20. The molecule has 1 N–H and O–H groups in total. The standard InChI is InChI=1S/C28H25N3O8/c1-17-13-20(9-11-25(17)31(35)36)38-16-26(32)29-18-4-6-19(7-5-18)39-21-8-10-23-24(14-21)28(34)30(27(23)33)15-22-3-2-12-37-22/h4-11,13-14,22H,2-3,12,15-16H2,1H3,(H,29,32). The predicted octanol–water partition coefficient (Wildman–Crippen LogP) is 4.49. The Hall–Kier alpha value is -4.77. The van der Waals surface area contributed by atoms with Gasteiger partial charge in [-0.3, -0.25) is 29.4 Å². The summed E-state index contributed by atoms with van der Waals surface area (Å²) in [6.07, 6.45) is 1.62. The largest absolute Gasteiger partial charge is 0.484 e. The minimum atomic E-state index is -0.481. The minimum Gasteiger partial charge on any atom is -0.484 e. The van der Waals surface area contributed by atoms with Crippen LogP contribution in [-0.2, 0) is 9.53 Å². The first-order valence-electron chi connectivity index (χ1n) is 12.4. The van der Waals surface area contributed by atoms with Crippen molar-refractivity contribution in [1.82, 2.24) is 4.90 Å². The van der Waals surface area contributed by atoms with Crippen LogP contribution in [0.5, 0.6) is 17.2 Å². The number of carbonyl (C=O) groups excluding carboxylic acids is 3. The Morgan fingerprint density at radius 3 is 2.44 bits per heavy atom. The van der Waals surface area contributed by atoms with Crippen LogP contribution in [0.15, 0.2) is 60.7 Å². The molecule has 5 rings (SSSR count). The summed E-state index contributed by atoms with van der Waals surface area (Å²) in [5.74, 6) is 0.122. The Morgan fingerprint density at radius 1 is 1.03 bits per heavy atom. The molecule has 200 valence electrons. The molecule has 11 heteroatoms. The molecule has 1 unspecified atom stereocenters. The van der Waals surface area contributed by atoms with E-state index in [0.717, 1.165) is 12.8 Å². The number of hydrogen-bond donors (Lipinski definition) is 1. The van der Waals surface area contributed by atoms with Crippen LogP contribution in [0.1, 0.15) is 39.1 Å². The number of carbonyl (C=O) groups is 3. The zero-order valence-corrected chi connectivity index (χ0v) is 21.0. The lowest BCUT2D eigenvalue weighted by Crippen LogP contribution is -2.36. The average Bonchev–Trinajstić information content (AvgIpc) is 3.51. The highest BCUT2D eigenvalue weighted by Gasteiger charge is 2.37. The van der Waals surface area contributed by atoms with E-state index in [1.807, 2.05) is 0 Å². The van der Waals surface area contributed by atoms with Crippen molar-refractivity contribution in [2.45, 2.75) is 25.9 Å². The fourth-order valence-electron chi connectivity index (χ4n) is 4.50. The third-order valence-corrected chi connectivity index (χ3v) is 6.46. The fourth-order valence-corrected chi connectivity index (χ4v) is 4.50. The second-order valence-corrected chi connectivity index (χ2v) is 9.23. The van der Waals surface area contributed by atoms with Gasteiger partial charge in [-0.1, -0.05) is 0 Å². The predicted molar refractivity (Wildman–Crippen MR) is 139 cm³/mol. The third-order valence-electron chi connectivity index (χ3n) is 6.46. The summed E-state index contributed by atoms with van der Waals surface area (Å²) >= 11 is 0. The van der Waals surface area contributed by atoms with Crippen LogP contribution in [0.4, 0.5) is 11.4 Å². The molecule has 2 aliphatic heterocycles. The quantitative estimate of drug-likeness (QED) is 0.242. The van der Waals surface area contributed by atoms with E-state index in [1.165, 1.54) is 23.1 Å². The van der Waals surface area contributed by atoms with E-state index in [9.17, 15) is 24.5 Å². The van der Waals surface area contributed by atoms with Crippen molar-refractivity contribution in [2.75, 3.05) is 25.1 Å². The minimum absolute atomic E-state index is 0.0227. The summed E-state index contributed by atoms with van der Waals surface area (Å²) in [5, 5.41) is 13.6. The summed E-state index contributed by atoms with van der Waals surface area (Å²) in [6, 6.07) is 15.6. The van der Waals surface area contributed by atoms with Gasteiger partial charge >= 0.3 is 0 Å². The van der Waals surface area contributed by atoms with Crippen molar-refractivity contribution in [3.63, 3.8) is 0 Å². The molecule has 0 radical (unpaired) electrons. The van der Waals surface area contributed by atoms with Gasteiger partial charge < -0.3 is 19.5 Å². The van der Waals surface area contributed by atoms with Crippen LogP contribution in [0.25, 0.3) is 0 Å². The molecule has 3 aromatic carbocycles. The van der Waals surface area contributed by atoms with Crippen molar-refractivity contribution >= 4 is 29.1 Å². The summed E-state index contributed by atoms with van der Waals surface area (Å²) < 4.78 is 16.9. The Bertz CT molecular complexity index is 1450. The zero-order chi connectivity index (χ0) is 27.5. The molecular formula is C28H25N3O8. The van der Waals surface area contributed by atoms with Gasteiger partial charge in [0.05, 0.1) is 28.7 Å². The lowest BCUT2D eigenvalue weighted by molar-refractivity contribution is -0.385. The molecule has 3 amide bonds. The van der Waals surface area contributed by atoms with Gasteiger partial charge in [0.2, 0.25) is 0 Å². The first-order chi connectivity index (χ1) is 18.8. The molecule has 0 aliphatic carbocycles. The summed E-state index contributed by atoms with van der Waals surface area (Å²) in [5.41, 5.74) is 1.56. The molecule has 0 spiro atoms. The number of nitro groups is 1. The lowest BCUT2D eigenvalue weighted by atomic mass is 10.1. The number of amides is 3. The zero-order valence-electron chi connectivity index (χ0n) is 21.0. The van der Waals surface area contributed by atoms with Gasteiger partial charge in [0.1, 0.15) is 17.2 Å². The third kappa shape index (κ3) is 5.73. The van der Waals surface area contributed by atoms with Crippen molar-refractivity contribution in [1.29, 1.82) is 0 Å². The van der Waals surface area contributed by atoms with E-state index in [4.69, 9.17) is 14.2 Å². The number of benzene rings is 3. The number of imide groups is 1. The molecule has 1 atom stereocenters. The topological polar surface area (TPSA) is 137 Å². The van der Waals surface area contributed by atoms with E-state index in [1.54, 1.807) is 49.4 Å². The van der Waals surface area contributed by atoms with Crippen LogP contribution in [0.3, 0.4) is 0 Å². The van der Waals surface area contributed by atoms with Crippen LogP contribution in [-0.4, -0.2) is 53.4 Å². The fraction of sp³-hybridized carbons (Fsp3) is 0.250. The van der Waals surface area contributed by atoms with E-state index < -0.39 is 10.8 Å². The smallest absolute Gasteiger partial charge is 0.272 e. The molecule has 3 aromatic rings. The Balaban J connectivity index is 1.16. The summed E-state index contributed by atoms with van der Waals surface area (Å²) in [7, 11) is 0. The van der Waals surface area contributed by atoms with Gasteiger partial charge in [0.25, 0.3) is 23.4 Å². The Morgan fingerprint density at radius 2 is 1.74 bits per heavy atom. The maximum Gasteiger partial charge on any atom is 0.272 e. The van der Waals surface area contributed by atoms with Crippen molar-refractivity contribution < 1.29 is 33.5 Å². The number of ether oxygens (including phenoxy) is 3. The highest BCUT2D eigenvalue weighted by atomic mass is 16.6. The maximum absolute atomic E-state index is 12.9. The molecule has 1 saturated heterocycles. The molecule has 2 aliphatic rings. The van der Waals surface area contributed by atoms with E-state index in [0.29, 0.717) is 46.2 Å². The van der Waals surface area contributed by atoms with Crippen molar-refractivity contribution in [2.24, 2.45) is 0 Å². The number of anilines is 1. The van der Waals surface area contributed by atoms with Gasteiger partial charge in [0, 0.05) is 23.9 Å². The normalized spacial score (nSPS) is 16.2. The number of nitrogens with one attached hydrogen (secondary N) is 1. The molecule has 39 heavy (non-hydrogen) atoms.